The van der Waals surface area contributed by atoms with Crippen LogP contribution in [0.3, 0.4) is 0 Å². The standard InChI is InChI=1S/C30H50O2.C29H48O3.CH4.Li.H2O/c1-20(2)8-7-9-21(3)26-12-13-27-25-11-10-23-18-24(32-19-22(4)31)14-16-29(23,5)28(25)15-17-30(26,27)6;1-19(2)7-6-8-20(3)24-11-12-25-23-10-9-21-17-22(32-18-27(30)31)13-15-28(21,4)26(23)14-16-29(24,25)5;;;/h10,20-21,24-28H,7-9,11-19H2,1-6H3;9,19-20,22-26H,6-8,10-18H2,1-5H3,(H,30,31);1H4;;1H2/q;;;+1;/p-1/t21-,24+,25?,26-,27?,28?,29+,30-;20-,22+,23?,24-,25?,26?,28+,29-;;;/m11.../s1. The second-order valence-electron chi connectivity index (χ2n) is 26.0. The van der Waals surface area contributed by atoms with Gasteiger partial charge in [-0.05, 0) is 202 Å². The number of ether oxygens (including phenoxy) is 2. The molecule has 6 nitrogen and oxygen atoms in total. The molecular formula is C60H103LiO6. The molecule has 67 heavy (non-hydrogen) atoms. The molecule has 6 fully saturated rings. The van der Waals surface area contributed by atoms with Crippen LogP contribution in [0.15, 0.2) is 23.3 Å². The summed E-state index contributed by atoms with van der Waals surface area (Å²) in [6.45, 7) is 26.8. The van der Waals surface area contributed by atoms with Crippen LogP contribution in [0.5, 0.6) is 0 Å². The third kappa shape index (κ3) is 12.3. The fraction of sp³-hybridized carbons (Fsp3) is 0.900. The normalized spacial score (nSPS) is 40.2. The molecule has 6 unspecified atom stereocenters. The molecule has 16 atom stereocenters. The topological polar surface area (TPSA) is 103 Å². The van der Waals surface area contributed by atoms with Gasteiger partial charge in [0.2, 0.25) is 0 Å². The third-order valence-electron chi connectivity index (χ3n) is 21.5. The predicted octanol–water partition coefficient (Wildman–Crippen LogP) is 13.0. The Morgan fingerprint density at radius 3 is 1.37 bits per heavy atom. The maximum atomic E-state index is 11.4. The van der Waals surface area contributed by atoms with Gasteiger partial charge < -0.3 is 20.1 Å². The van der Waals surface area contributed by atoms with E-state index in [0.29, 0.717) is 21.7 Å². The first-order valence-electron chi connectivity index (χ1n) is 27.6. The number of ketones is 1. The Bertz CT molecular complexity index is 1550. The first kappa shape index (κ1) is 58.7. The maximum absolute atomic E-state index is 11.4. The van der Waals surface area contributed by atoms with E-state index in [2.05, 4.69) is 81.4 Å². The third-order valence-corrected chi connectivity index (χ3v) is 21.5. The fourth-order valence-electron chi connectivity index (χ4n) is 18.0. The number of fused-ring (bicyclic) bond motifs is 10. The molecule has 2 N–H and O–H groups in total. The molecule has 380 valence electrons. The minimum atomic E-state index is -0.850. The average molecular weight is 927 g/mol. The van der Waals surface area contributed by atoms with E-state index in [-0.39, 0.29) is 63.0 Å². The quantitative estimate of drug-likeness (QED) is 0.122. The SMILES string of the molecule is C.CC(=O)CO[C@H]1CC[C@@]2(C)C(=CCC3C2CC[C@@]2(C)C3CC[C@@H]2[C@H](C)CCCC(C)C)C1.CC(C)CCC[C@@H](C)[C@H]1CCC2C3CC=C4C[C@@H](OCC(=O)O)CC[C@]4(C)C3CC[C@@]21C.[Li+].[OH-]. The van der Waals surface area contributed by atoms with E-state index in [0.717, 1.165) is 96.7 Å². The first-order valence-corrected chi connectivity index (χ1v) is 27.6. The Morgan fingerprint density at radius 1 is 0.597 bits per heavy atom. The number of carbonyl (C=O) groups is 2. The van der Waals surface area contributed by atoms with Gasteiger partial charge in [0.15, 0.2) is 5.78 Å². The smallest absolute Gasteiger partial charge is 0.870 e. The molecule has 0 aromatic carbocycles. The van der Waals surface area contributed by atoms with Crippen LogP contribution in [-0.4, -0.2) is 47.8 Å². The van der Waals surface area contributed by atoms with E-state index >= 15 is 0 Å². The number of carboxylic acids is 1. The molecule has 8 rings (SSSR count). The number of Topliss-reactive ketones (excluding diaryl/α,β-unsaturated/α-hetero) is 1. The van der Waals surface area contributed by atoms with E-state index in [1.165, 1.54) is 116 Å². The number of hydrogen-bond acceptors (Lipinski definition) is 5. The molecule has 0 saturated heterocycles. The summed E-state index contributed by atoms with van der Waals surface area (Å²) in [4.78, 5) is 22.3. The summed E-state index contributed by atoms with van der Waals surface area (Å²) < 4.78 is 11.7. The van der Waals surface area contributed by atoms with Crippen molar-refractivity contribution in [3.63, 3.8) is 0 Å². The van der Waals surface area contributed by atoms with Gasteiger partial charge in [0, 0.05) is 0 Å². The van der Waals surface area contributed by atoms with E-state index in [1.807, 2.05) is 0 Å². The molecule has 0 heterocycles. The van der Waals surface area contributed by atoms with E-state index < -0.39 is 5.97 Å². The molecule has 0 aromatic heterocycles. The summed E-state index contributed by atoms with van der Waals surface area (Å²) in [6.07, 6.45) is 34.6. The van der Waals surface area contributed by atoms with Gasteiger partial charge in [-0.2, -0.15) is 0 Å². The van der Waals surface area contributed by atoms with E-state index in [9.17, 15) is 9.59 Å². The fourth-order valence-corrected chi connectivity index (χ4v) is 18.0. The minimum absolute atomic E-state index is 0. The van der Waals surface area contributed by atoms with Crippen LogP contribution in [0.4, 0.5) is 0 Å². The summed E-state index contributed by atoms with van der Waals surface area (Å²) in [5.41, 5.74) is 5.05. The summed E-state index contributed by atoms with van der Waals surface area (Å²) in [6, 6.07) is 0. The van der Waals surface area contributed by atoms with Crippen LogP contribution in [0.2, 0.25) is 0 Å². The average Bonchev–Trinajstić information content (AvgIpc) is 3.79. The van der Waals surface area contributed by atoms with Crippen molar-refractivity contribution in [2.24, 2.45) is 92.7 Å². The summed E-state index contributed by atoms with van der Waals surface area (Å²) in [5.74, 6) is 9.84. The van der Waals surface area contributed by atoms with Gasteiger partial charge in [-0.15, -0.1) is 0 Å². The van der Waals surface area contributed by atoms with Crippen molar-refractivity contribution in [1.29, 1.82) is 0 Å². The molecule has 6 saturated carbocycles. The van der Waals surface area contributed by atoms with Gasteiger partial charge in [0.25, 0.3) is 0 Å². The minimum Gasteiger partial charge on any atom is -0.870 e. The molecule has 8 aliphatic rings. The number of hydrogen-bond donors (Lipinski definition) is 1. The number of aliphatic carboxylic acids is 1. The second-order valence-corrected chi connectivity index (χ2v) is 26.0. The monoisotopic (exact) mass is 927 g/mol. The van der Waals surface area contributed by atoms with Crippen LogP contribution in [-0.2, 0) is 19.1 Å². The van der Waals surface area contributed by atoms with Crippen LogP contribution in [0.25, 0.3) is 0 Å². The van der Waals surface area contributed by atoms with Crippen molar-refractivity contribution in [1.82, 2.24) is 0 Å². The molecule has 0 aliphatic heterocycles. The van der Waals surface area contributed by atoms with Crippen LogP contribution < -0.4 is 18.9 Å². The Morgan fingerprint density at radius 2 is 1.00 bits per heavy atom. The zero-order chi connectivity index (χ0) is 46.2. The van der Waals surface area contributed by atoms with Crippen molar-refractivity contribution >= 4 is 11.8 Å². The molecule has 0 radical (unpaired) electrons. The molecule has 0 aromatic rings. The zero-order valence-electron chi connectivity index (χ0n) is 44.7. The molecule has 0 amide bonds. The number of carboxylic acid groups (broad SMARTS) is 1. The van der Waals surface area contributed by atoms with Crippen LogP contribution in [0, 0.1) is 92.7 Å². The van der Waals surface area contributed by atoms with Gasteiger partial charge in [0.1, 0.15) is 13.2 Å². The van der Waals surface area contributed by atoms with Crippen molar-refractivity contribution in [3.8, 4) is 0 Å². The Balaban J connectivity index is 0.000000280. The van der Waals surface area contributed by atoms with Gasteiger partial charge in [-0.1, -0.05) is 138 Å². The Hall–Kier alpha value is -0.903. The van der Waals surface area contributed by atoms with Crippen molar-refractivity contribution in [3.05, 3.63) is 23.3 Å². The van der Waals surface area contributed by atoms with Gasteiger partial charge in [-0.3, -0.25) is 4.79 Å². The van der Waals surface area contributed by atoms with Gasteiger partial charge >= 0.3 is 24.8 Å². The number of carbonyl (C=O) groups excluding carboxylic acids is 1. The second kappa shape index (κ2) is 24.2. The van der Waals surface area contributed by atoms with Crippen molar-refractivity contribution < 1.29 is 48.5 Å². The van der Waals surface area contributed by atoms with Gasteiger partial charge in [0.05, 0.1) is 12.2 Å². The van der Waals surface area contributed by atoms with Crippen molar-refractivity contribution in [2.45, 2.75) is 237 Å². The molecule has 8 aliphatic carbocycles. The van der Waals surface area contributed by atoms with Crippen LogP contribution in [0.1, 0.15) is 225 Å². The largest absolute Gasteiger partial charge is 1.00 e. The Labute approximate surface area is 424 Å². The molecule has 0 bridgehead atoms. The maximum Gasteiger partial charge on any atom is 1.00 e. The van der Waals surface area contributed by atoms with Gasteiger partial charge in [-0.25, -0.2) is 4.79 Å². The van der Waals surface area contributed by atoms with Crippen molar-refractivity contribution in [2.75, 3.05) is 13.2 Å². The predicted molar refractivity (Wildman–Crippen MR) is 273 cm³/mol. The summed E-state index contributed by atoms with van der Waals surface area (Å²) in [5, 5.41) is 8.99. The zero-order valence-corrected chi connectivity index (χ0v) is 44.7. The summed E-state index contributed by atoms with van der Waals surface area (Å²) in [7, 11) is 0. The van der Waals surface area contributed by atoms with Crippen LogP contribution >= 0.6 is 0 Å². The number of rotatable bonds is 16. The Kier molecular flexibility index (Phi) is 21.2. The number of allylic oxidation sites excluding steroid dienone is 2. The summed E-state index contributed by atoms with van der Waals surface area (Å²) >= 11 is 0. The molecule has 7 heteroatoms. The molecule has 0 spiro atoms. The first-order chi connectivity index (χ1) is 30.3. The molecular weight excluding hydrogens is 824 g/mol. The van der Waals surface area contributed by atoms with E-state index in [1.54, 1.807) is 18.1 Å². The van der Waals surface area contributed by atoms with E-state index in [4.69, 9.17) is 14.6 Å².